The van der Waals surface area contributed by atoms with E-state index in [0.29, 0.717) is 5.56 Å². The maximum atomic E-state index is 13.8. The minimum atomic E-state index is -2.94. The predicted octanol–water partition coefficient (Wildman–Crippen LogP) is 3.17. The van der Waals surface area contributed by atoms with Crippen molar-refractivity contribution in [1.82, 2.24) is 9.34 Å². The zero-order chi connectivity index (χ0) is 18.1. The minimum Gasteiger partial charge on any atom is -0.262 e. The Kier molecular flexibility index (Phi) is 4.32. The number of anilines is 1. The van der Waals surface area contributed by atoms with E-state index in [4.69, 9.17) is 0 Å². The van der Waals surface area contributed by atoms with Crippen molar-refractivity contribution in [2.24, 2.45) is 5.10 Å². The first kappa shape index (κ1) is 16.9. The van der Waals surface area contributed by atoms with Gasteiger partial charge in [-0.2, -0.15) is 9.88 Å². The lowest BCUT2D eigenvalue weighted by atomic mass is 10.2. The number of rotatable bonds is 7. The second kappa shape index (κ2) is 6.64. The van der Waals surface area contributed by atoms with E-state index in [-0.39, 0.29) is 5.69 Å². The highest BCUT2D eigenvalue weighted by molar-refractivity contribution is 7.61. The van der Waals surface area contributed by atoms with Crippen LogP contribution in [0.4, 0.5) is 11.4 Å². The van der Waals surface area contributed by atoms with E-state index < -0.39 is 12.5 Å². The number of hydrazone groups is 1. The van der Waals surface area contributed by atoms with Gasteiger partial charge in [0.15, 0.2) is 0 Å². The molecule has 0 spiro atoms. The molecule has 0 unspecified atom stereocenters. The Hall–Kier alpha value is -2.54. The fourth-order valence-electron chi connectivity index (χ4n) is 2.68. The van der Waals surface area contributed by atoms with E-state index in [9.17, 15) is 14.7 Å². The molecule has 0 atom stereocenters. The molecule has 4 rings (SSSR count). The van der Waals surface area contributed by atoms with Crippen LogP contribution >= 0.6 is 7.59 Å². The normalized spacial score (nSPS) is 17.4. The lowest BCUT2D eigenvalue weighted by Gasteiger charge is -2.30. The van der Waals surface area contributed by atoms with Crippen LogP contribution in [0, 0.1) is 10.1 Å². The second-order valence-electron chi connectivity index (χ2n) is 6.14. The Labute approximate surface area is 151 Å². The first-order chi connectivity index (χ1) is 12.6. The van der Waals surface area contributed by atoms with Gasteiger partial charge in [0, 0.05) is 38.3 Å². The lowest BCUT2D eigenvalue weighted by molar-refractivity contribution is -0.384. The average molecular weight is 371 g/mol. The van der Waals surface area contributed by atoms with Gasteiger partial charge in [0.05, 0.1) is 16.8 Å². The van der Waals surface area contributed by atoms with Crippen molar-refractivity contribution in [2.45, 2.75) is 0 Å². The summed E-state index contributed by atoms with van der Waals surface area (Å²) in [6, 6.07) is 15.6. The van der Waals surface area contributed by atoms with Crippen molar-refractivity contribution in [3.63, 3.8) is 0 Å². The molecular formula is C17H18N5O3P. The SMILES string of the molecule is O=[N+]([O-])c1ccc(/C=N\N(c2ccccc2)P(=O)(N2CC2)N2CC2)cc1. The van der Waals surface area contributed by atoms with E-state index >= 15 is 0 Å². The Balaban J connectivity index is 1.67. The molecule has 0 radical (unpaired) electrons. The van der Waals surface area contributed by atoms with E-state index in [2.05, 4.69) is 5.10 Å². The van der Waals surface area contributed by atoms with Crippen LogP contribution in [0.1, 0.15) is 5.56 Å². The van der Waals surface area contributed by atoms with E-state index in [1.165, 1.54) is 12.1 Å². The van der Waals surface area contributed by atoms with Crippen LogP contribution in [0.3, 0.4) is 0 Å². The van der Waals surface area contributed by atoms with Crippen molar-refractivity contribution in [3.05, 3.63) is 70.3 Å². The summed E-state index contributed by atoms with van der Waals surface area (Å²) in [6.07, 6.45) is 1.59. The maximum Gasteiger partial charge on any atom is 0.331 e. The number of para-hydroxylation sites is 1. The van der Waals surface area contributed by atoms with Crippen LogP contribution in [0.2, 0.25) is 0 Å². The number of benzene rings is 2. The van der Waals surface area contributed by atoms with Gasteiger partial charge in [0.1, 0.15) is 0 Å². The zero-order valence-corrected chi connectivity index (χ0v) is 14.9. The fourth-order valence-corrected chi connectivity index (χ4v) is 5.36. The Morgan fingerprint density at radius 1 is 1.00 bits per heavy atom. The third-order valence-electron chi connectivity index (χ3n) is 4.24. The molecule has 2 heterocycles. The first-order valence-electron chi connectivity index (χ1n) is 8.34. The molecular weight excluding hydrogens is 353 g/mol. The van der Waals surface area contributed by atoms with Crippen molar-refractivity contribution < 1.29 is 9.49 Å². The summed E-state index contributed by atoms with van der Waals surface area (Å²) in [7, 11) is -2.94. The Morgan fingerprint density at radius 3 is 2.08 bits per heavy atom. The lowest BCUT2D eigenvalue weighted by Crippen LogP contribution is -2.23. The molecule has 0 bridgehead atoms. The number of hydrogen-bond acceptors (Lipinski definition) is 4. The number of nitro groups is 1. The van der Waals surface area contributed by atoms with Gasteiger partial charge in [-0.05, 0) is 29.8 Å². The van der Waals surface area contributed by atoms with Crippen LogP contribution in [0.5, 0.6) is 0 Å². The third-order valence-corrected chi connectivity index (χ3v) is 7.34. The molecule has 2 aliphatic rings. The Bertz CT molecular complexity index is 863. The van der Waals surface area contributed by atoms with Crippen molar-refractivity contribution in [2.75, 3.05) is 31.0 Å². The predicted molar refractivity (Wildman–Crippen MR) is 100 cm³/mol. The van der Waals surface area contributed by atoms with Crippen LogP contribution in [-0.4, -0.2) is 46.7 Å². The van der Waals surface area contributed by atoms with Crippen LogP contribution in [0.15, 0.2) is 59.7 Å². The summed E-state index contributed by atoms with van der Waals surface area (Å²) in [4.78, 5) is 10.3. The van der Waals surface area contributed by atoms with Gasteiger partial charge in [0.25, 0.3) is 5.69 Å². The minimum absolute atomic E-state index is 0.0286. The molecule has 2 aromatic rings. The molecule has 134 valence electrons. The average Bonchev–Trinajstić information content (AvgIpc) is 3.55. The van der Waals surface area contributed by atoms with E-state index in [1.807, 2.05) is 39.7 Å². The standard InChI is InChI=1S/C17H18N5O3P/c23-22(24)17-8-6-15(7-9-17)14-18-21(16-4-2-1-3-5-16)26(25,19-10-11-19)20-12-13-20/h1-9,14H,10-13H2/b18-14-. The van der Waals surface area contributed by atoms with Gasteiger partial charge in [-0.25, -0.2) is 9.34 Å². The van der Waals surface area contributed by atoms with Crippen molar-refractivity contribution in [3.8, 4) is 0 Å². The van der Waals surface area contributed by atoms with Crippen molar-refractivity contribution >= 4 is 25.2 Å². The summed E-state index contributed by atoms with van der Waals surface area (Å²) in [6.45, 7) is 3.18. The molecule has 0 N–H and O–H groups in total. The molecule has 2 aliphatic heterocycles. The van der Waals surface area contributed by atoms with Gasteiger partial charge < -0.3 is 0 Å². The summed E-state index contributed by atoms with van der Waals surface area (Å²) >= 11 is 0. The number of hydrogen-bond donors (Lipinski definition) is 0. The molecule has 0 aliphatic carbocycles. The number of nitro benzene ring substituents is 1. The second-order valence-corrected chi connectivity index (χ2v) is 8.68. The summed E-state index contributed by atoms with van der Waals surface area (Å²) in [5, 5.41) is 15.3. The molecule has 2 aromatic carbocycles. The molecule has 26 heavy (non-hydrogen) atoms. The van der Waals surface area contributed by atoms with Gasteiger partial charge in [-0.1, -0.05) is 18.2 Å². The van der Waals surface area contributed by atoms with Crippen LogP contribution in [-0.2, 0) is 4.57 Å². The monoisotopic (exact) mass is 371 g/mol. The number of non-ortho nitro benzene ring substituents is 1. The maximum absolute atomic E-state index is 13.8. The molecule has 2 fully saturated rings. The Morgan fingerprint density at radius 2 is 1.58 bits per heavy atom. The highest BCUT2D eigenvalue weighted by Gasteiger charge is 2.52. The summed E-state index contributed by atoms with van der Waals surface area (Å²) < 4.78 is 19.3. The van der Waals surface area contributed by atoms with Crippen molar-refractivity contribution in [1.29, 1.82) is 0 Å². The highest BCUT2D eigenvalue weighted by Crippen LogP contribution is 2.64. The quantitative estimate of drug-likeness (QED) is 0.244. The molecule has 2 saturated heterocycles. The smallest absolute Gasteiger partial charge is 0.262 e. The molecule has 0 aromatic heterocycles. The van der Waals surface area contributed by atoms with E-state index in [0.717, 1.165) is 31.9 Å². The zero-order valence-electron chi connectivity index (χ0n) is 14.0. The molecule has 9 heteroatoms. The van der Waals surface area contributed by atoms with Crippen LogP contribution in [0.25, 0.3) is 0 Å². The van der Waals surface area contributed by atoms with Crippen LogP contribution < -0.4 is 4.78 Å². The third kappa shape index (κ3) is 3.26. The summed E-state index contributed by atoms with van der Waals surface area (Å²) in [5.74, 6) is 0. The largest absolute Gasteiger partial charge is 0.331 e. The topological polar surface area (TPSA) is 81.8 Å². The molecule has 0 amide bonds. The van der Waals surface area contributed by atoms with E-state index in [1.54, 1.807) is 23.1 Å². The fraction of sp³-hybridized carbons (Fsp3) is 0.235. The van der Waals surface area contributed by atoms with Gasteiger partial charge >= 0.3 is 7.59 Å². The van der Waals surface area contributed by atoms with Gasteiger partial charge in [-0.15, -0.1) is 0 Å². The van der Waals surface area contributed by atoms with Gasteiger partial charge in [-0.3, -0.25) is 14.7 Å². The molecule has 0 saturated carbocycles. The molecule has 8 nitrogen and oxygen atoms in total. The van der Waals surface area contributed by atoms with Gasteiger partial charge in [0.2, 0.25) is 0 Å². The number of nitrogens with zero attached hydrogens (tertiary/aromatic N) is 5. The first-order valence-corrected chi connectivity index (χ1v) is 9.90. The highest BCUT2D eigenvalue weighted by atomic mass is 31.2. The summed E-state index contributed by atoms with van der Waals surface area (Å²) in [5.41, 5.74) is 1.49.